The zero-order valence-corrected chi connectivity index (χ0v) is 25.8. The zero-order chi connectivity index (χ0) is 30.5. The van der Waals surface area contributed by atoms with Crippen LogP contribution in [0.1, 0.15) is 31.6 Å². The molecule has 0 radical (unpaired) electrons. The molecule has 2 aliphatic heterocycles. The SMILES string of the molecule is C[C@H]1[C@H]2OP(O)(=S)OC[C@H]3C[C@@H](Nc4ncncc4C#N)C[C@@H]3OP(O)(=S)OC[C@H]1O[C@H]2n1cnc2c(=O)[nH]c(N)nc21. The average Bonchev–Trinajstić information content (AvgIpc) is 3.62. The number of rotatable bonds is 3. The van der Waals surface area contributed by atoms with Gasteiger partial charge in [-0.1, -0.05) is 6.92 Å². The van der Waals surface area contributed by atoms with Crippen molar-refractivity contribution in [1.82, 2.24) is 29.5 Å². The lowest BCUT2D eigenvalue weighted by atomic mass is 10.0. The molecule has 6 rings (SSSR count). The lowest BCUT2D eigenvalue weighted by Gasteiger charge is -2.28. The van der Waals surface area contributed by atoms with E-state index < -0.39 is 49.5 Å². The molecular formula is C22H27N9O8P2S2. The summed E-state index contributed by atoms with van der Waals surface area (Å²) in [5.41, 5.74) is 5.65. The van der Waals surface area contributed by atoms with Crippen molar-refractivity contribution in [1.29, 1.82) is 5.26 Å². The van der Waals surface area contributed by atoms with Crippen LogP contribution in [-0.4, -0.2) is 76.8 Å². The van der Waals surface area contributed by atoms with Crippen LogP contribution in [0.15, 0.2) is 23.6 Å². The molecule has 0 spiro atoms. The van der Waals surface area contributed by atoms with Crippen molar-refractivity contribution in [3.63, 3.8) is 0 Å². The topological polar surface area (TPSA) is 238 Å². The van der Waals surface area contributed by atoms with E-state index in [9.17, 15) is 19.8 Å². The van der Waals surface area contributed by atoms with E-state index in [2.05, 4.69) is 30.2 Å². The van der Waals surface area contributed by atoms with E-state index in [1.807, 2.05) is 6.07 Å². The van der Waals surface area contributed by atoms with Gasteiger partial charge in [-0.15, -0.1) is 0 Å². The molecule has 9 atom stereocenters. The fraction of sp³-hybridized carbons (Fsp3) is 0.545. The van der Waals surface area contributed by atoms with Crippen LogP contribution in [0.3, 0.4) is 0 Å². The fourth-order valence-electron chi connectivity index (χ4n) is 5.52. The molecule has 2 bridgehead atoms. The molecule has 230 valence electrons. The maximum absolute atomic E-state index is 12.4. The Morgan fingerprint density at radius 1 is 1.19 bits per heavy atom. The highest BCUT2D eigenvalue weighted by molar-refractivity contribution is 8.07. The van der Waals surface area contributed by atoms with Crippen molar-refractivity contribution in [2.75, 3.05) is 24.3 Å². The first-order valence-electron chi connectivity index (χ1n) is 13.1. The van der Waals surface area contributed by atoms with Gasteiger partial charge in [-0.25, -0.2) is 15.0 Å². The summed E-state index contributed by atoms with van der Waals surface area (Å²) in [6, 6.07) is 1.79. The summed E-state index contributed by atoms with van der Waals surface area (Å²) in [4.78, 5) is 53.3. The first kappa shape index (κ1) is 30.6. The summed E-state index contributed by atoms with van der Waals surface area (Å²) in [5.74, 6) is -0.627. The first-order chi connectivity index (χ1) is 20.4. The Morgan fingerprint density at radius 2 is 1.95 bits per heavy atom. The Morgan fingerprint density at radius 3 is 2.74 bits per heavy atom. The molecule has 1 aliphatic carbocycles. The standard InChI is InChI=1S/C22H27N9O8P2S2/c1-10-15-7-36-40(33,42)38-14-3-13(28-18-12(4-23)5-25-8-26-18)2-11(14)6-35-41(34,43)39-17(10)21(37-15)31-9-27-16-19(31)29-22(24)30-20(16)32/h5,8-11,13-15,17,21H,2-3,6-7H2,1H3,(H,33,42)(H,34,43)(H,25,26,28)(H3,24,29,30,32)/t10-,11-,13-,14+,15-,17-,21-,40?,41?/m1/s1. The Kier molecular flexibility index (Phi) is 8.39. The van der Waals surface area contributed by atoms with Gasteiger partial charge in [0.05, 0.1) is 37.9 Å². The maximum atomic E-state index is 12.4. The van der Waals surface area contributed by atoms with Crippen molar-refractivity contribution in [3.05, 3.63) is 34.8 Å². The van der Waals surface area contributed by atoms with Gasteiger partial charge in [-0.05, 0) is 36.5 Å². The number of ether oxygens (including phenoxy) is 1. The van der Waals surface area contributed by atoms with E-state index in [0.717, 1.165) is 0 Å². The molecule has 3 aromatic rings. The van der Waals surface area contributed by atoms with Gasteiger partial charge in [0, 0.05) is 17.9 Å². The molecular weight excluding hydrogens is 644 g/mol. The molecule has 1 saturated carbocycles. The number of aromatic nitrogens is 6. The average molecular weight is 672 g/mol. The van der Waals surface area contributed by atoms with Crippen molar-refractivity contribution in [2.45, 2.75) is 50.3 Å². The minimum Gasteiger partial charge on any atom is -0.369 e. The molecule has 0 amide bonds. The summed E-state index contributed by atoms with van der Waals surface area (Å²) in [7, 11) is 0. The van der Waals surface area contributed by atoms with E-state index in [1.54, 1.807) is 6.92 Å². The summed E-state index contributed by atoms with van der Waals surface area (Å²) >= 11 is 10.8. The van der Waals surface area contributed by atoms with Gasteiger partial charge in [-0.2, -0.15) is 10.2 Å². The third-order valence-electron chi connectivity index (χ3n) is 7.61. The van der Waals surface area contributed by atoms with Gasteiger partial charge in [-0.3, -0.25) is 14.3 Å². The summed E-state index contributed by atoms with van der Waals surface area (Å²) in [5, 5.41) is 12.6. The van der Waals surface area contributed by atoms with Crippen LogP contribution in [0, 0.1) is 23.2 Å². The number of nitrogen functional groups attached to an aromatic ring is 1. The predicted molar refractivity (Wildman–Crippen MR) is 157 cm³/mol. The maximum Gasteiger partial charge on any atom is 0.324 e. The molecule has 6 N–H and O–H groups in total. The van der Waals surface area contributed by atoms with Crippen LogP contribution in [0.4, 0.5) is 11.8 Å². The number of nitrogens with one attached hydrogen (secondary N) is 2. The van der Waals surface area contributed by atoms with Gasteiger partial charge < -0.3 is 43.7 Å². The molecule has 21 heteroatoms. The fourth-order valence-corrected chi connectivity index (χ4v) is 8.55. The third-order valence-corrected chi connectivity index (χ3v) is 10.8. The number of imidazole rings is 1. The molecule has 43 heavy (non-hydrogen) atoms. The molecule has 5 heterocycles. The number of nitrogens with zero attached hydrogens (tertiary/aromatic N) is 6. The van der Waals surface area contributed by atoms with Gasteiger partial charge in [0.2, 0.25) is 5.95 Å². The Bertz CT molecular complexity index is 1740. The third kappa shape index (κ3) is 6.37. The Labute approximate surface area is 254 Å². The number of anilines is 2. The minimum atomic E-state index is -3.89. The summed E-state index contributed by atoms with van der Waals surface area (Å²) in [6.07, 6.45) is 1.66. The van der Waals surface area contributed by atoms with Crippen molar-refractivity contribution in [3.8, 4) is 6.07 Å². The monoisotopic (exact) mass is 671 g/mol. The lowest BCUT2D eigenvalue weighted by Crippen LogP contribution is -2.28. The van der Waals surface area contributed by atoms with E-state index in [4.69, 9.17) is 52.2 Å². The number of fused-ring (bicyclic) bond motifs is 4. The van der Waals surface area contributed by atoms with Crippen molar-refractivity contribution in [2.24, 2.45) is 11.8 Å². The molecule has 0 aromatic carbocycles. The van der Waals surface area contributed by atoms with Crippen LogP contribution in [-0.2, 0) is 46.4 Å². The first-order valence-corrected chi connectivity index (χ1v) is 18.3. The molecule has 3 fully saturated rings. The highest BCUT2D eigenvalue weighted by Crippen LogP contribution is 2.55. The number of H-pyrrole nitrogens is 1. The molecule has 2 unspecified atom stereocenters. The largest absolute Gasteiger partial charge is 0.369 e. The highest BCUT2D eigenvalue weighted by atomic mass is 32.5. The Hall–Kier alpha value is -2.46. The highest BCUT2D eigenvalue weighted by Gasteiger charge is 2.49. The van der Waals surface area contributed by atoms with E-state index in [0.29, 0.717) is 18.7 Å². The van der Waals surface area contributed by atoms with Gasteiger partial charge >= 0.3 is 13.4 Å². The molecule has 3 aliphatic rings. The number of hydrogen-bond acceptors (Lipinski definition) is 15. The second-order valence-corrected chi connectivity index (χ2v) is 16.0. The number of aromatic amines is 1. The van der Waals surface area contributed by atoms with Gasteiger partial charge in [0.25, 0.3) is 5.56 Å². The Balaban J connectivity index is 1.27. The van der Waals surface area contributed by atoms with Crippen molar-refractivity contribution >= 4 is 60.0 Å². The number of nitrogens with two attached hydrogens (primary N) is 1. The number of nitriles is 1. The van der Waals surface area contributed by atoms with E-state index >= 15 is 0 Å². The summed E-state index contributed by atoms with van der Waals surface area (Å²) < 4.78 is 31.3. The minimum absolute atomic E-state index is 0.0246. The van der Waals surface area contributed by atoms with E-state index in [1.165, 1.54) is 23.4 Å². The van der Waals surface area contributed by atoms with Crippen LogP contribution in [0.5, 0.6) is 0 Å². The molecule has 17 nitrogen and oxygen atoms in total. The number of hydrogen-bond donors (Lipinski definition) is 5. The van der Waals surface area contributed by atoms with Gasteiger partial charge in [0.15, 0.2) is 17.4 Å². The second kappa shape index (κ2) is 11.8. The van der Waals surface area contributed by atoms with Crippen molar-refractivity contribution < 1.29 is 32.6 Å². The second-order valence-electron chi connectivity index (χ2n) is 10.4. The smallest absolute Gasteiger partial charge is 0.324 e. The molecule has 3 aromatic heterocycles. The quantitative estimate of drug-likeness (QED) is 0.244. The van der Waals surface area contributed by atoms with Crippen LogP contribution in [0.25, 0.3) is 11.2 Å². The van der Waals surface area contributed by atoms with Crippen LogP contribution >= 0.6 is 13.4 Å². The lowest BCUT2D eigenvalue weighted by molar-refractivity contribution is -0.0490. The zero-order valence-electron chi connectivity index (χ0n) is 22.4. The van der Waals surface area contributed by atoms with E-state index in [-0.39, 0.29) is 47.8 Å². The van der Waals surface area contributed by atoms with Crippen LogP contribution < -0.4 is 16.6 Å². The molecule has 2 saturated heterocycles. The van der Waals surface area contributed by atoms with Crippen LogP contribution in [0.2, 0.25) is 0 Å². The normalized spacial score (nSPS) is 36.7. The van der Waals surface area contributed by atoms with Gasteiger partial charge in [0.1, 0.15) is 29.9 Å². The predicted octanol–water partition coefficient (Wildman–Crippen LogP) is 1.04. The summed E-state index contributed by atoms with van der Waals surface area (Å²) in [6.45, 7) is -6.15.